The molecule has 47 heavy (non-hydrogen) atoms. The highest BCUT2D eigenvalue weighted by Gasteiger charge is 2.34. The molecule has 1 aliphatic heterocycles. The highest BCUT2D eigenvalue weighted by Crippen LogP contribution is 2.43. The number of pyridine rings is 1. The van der Waals surface area contributed by atoms with Gasteiger partial charge in [-0.2, -0.15) is 4.98 Å². The highest BCUT2D eigenvalue weighted by atomic mass is 32.2. The van der Waals surface area contributed by atoms with Gasteiger partial charge in [0.25, 0.3) is 0 Å². The first-order valence-electron chi connectivity index (χ1n) is 15.5. The fraction of sp³-hybridized carbons (Fsp3) is 0.353. The first-order chi connectivity index (χ1) is 22.3. The molecule has 0 spiro atoms. The number of hydrogen-bond acceptors (Lipinski definition) is 8. The number of phenolic OH excluding ortho intramolecular Hbond substituents is 1. The average molecular weight is 664 g/mol. The summed E-state index contributed by atoms with van der Waals surface area (Å²) in [4.78, 5) is 38.8. The number of benzene rings is 2. The number of piperazine rings is 1. The van der Waals surface area contributed by atoms with Crippen LogP contribution in [0.2, 0.25) is 0 Å². The van der Waals surface area contributed by atoms with Gasteiger partial charge in [-0.15, -0.1) is 0 Å². The average Bonchev–Trinajstić information content (AvgIpc) is 3.00. The Labute approximate surface area is 270 Å². The van der Waals surface area contributed by atoms with E-state index in [0.717, 1.165) is 36.0 Å². The van der Waals surface area contributed by atoms with Gasteiger partial charge in [-0.05, 0) is 75.4 Å². The number of rotatable bonds is 7. The van der Waals surface area contributed by atoms with Crippen LogP contribution in [0.5, 0.6) is 5.75 Å². The number of fused-ring (bicyclic) bond motifs is 1. The van der Waals surface area contributed by atoms with E-state index in [1.165, 1.54) is 24.3 Å². The molecular formula is C34H35F2N5O5S. The number of halogens is 2. The maximum atomic E-state index is 16.1. The normalized spacial score (nSPS) is 17.3. The molecule has 246 valence electrons. The molecule has 0 radical (unpaired) electrons. The Kier molecular flexibility index (Phi) is 8.37. The van der Waals surface area contributed by atoms with Crippen LogP contribution in [-0.4, -0.2) is 69.8 Å². The molecule has 2 fully saturated rings. The van der Waals surface area contributed by atoms with Crippen LogP contribution in [0.4, 0.5) is 14.6 Å². The lowest BCUT2D eigenvalue weighted by Gasteiger charge is -2.40. The first-order valence-corrected chi connectivity index (χ1v) is 17.1. The lowest BCUT2D eigenvalue weighted by atomic mass is 9.79. The van der Waals surface area contributed by atoms with Crippen molar-refractivity contribution in [2.45, 2.75) is 62.1 Å². The number of hydrogen-bond donors (Lipinski definition) is 1. The Balaban J connectivity index is 1.70. The van der Waals surface area contributed by atoms with E-state index in [4.69, 9.17) is 0 Å². The zero-order valence-corrected chi connectivity index (χ0v) is 27.1. The van der Waals surface area contributed by atoms with Gasteiger partial charge in [0.1, 0.15) is 23.1 Å². The topological polar surface area (TPSA) is 126 Å². The molecule has 13 heteroatoms. The molecule has 1 aliphatic carbocycles. The molecule has 3 heterocycles. The zero-order chi connectivity index (χ0) is 33.8. The Hall–Kier alpha value is -4.65. The van der Waals surface area contributed by atoms with Gasteiger partial charge in [0.15, 0.2) is 21.3 Å². The van der Waals surface area contributed by atoms with E-state index >= 15 is 8.78 Å². The van der Waals surface area contributed by atoms with E-state index in [0.29, 0.717) is 5.56 Å². The van der Waals surface area contributed by atoms with Crippen molar-refractivity contribution in [1.29, 1.82) is 0 Å². The number of aromatic hydroxyl groups is 1. The van der Waals surface area contributed by atoms with Gasteiger partial charge < -0.3 is 14.9 Å². The number of anilines is 1. The lowest BCUT2D eigenvalue weighted by Crippen LogP contribution is -2.54. The predicted molar refractivity (Wildman–Crippen MR) is 175 cm³/mol. The summed E-state index contributed by atoms with van der Waals surface area (Å²) in [5, 5.41) is 9.82. The van der Waals surface area contributed by atoms with E-state index in [1.807, 2.05) is 6.92 Å². The summed E-state index contributed by atoms with van der Waals surface area (Å²) >= 11 is 0. The van der Waals surface area contributed by atoms with Gasteiger partial charge in [0.2, 0.25) is 5.91 Å². The summed E-state index contributed by atoms with van der Waals surface area (Å²) in [6, 6.07) is 9.08. The van der Waals surface area contributed by atoms with E-state index in [1.54, 1.807) is 35.8 Å². The Morgan fingerprint density at radius 1 is 1.09 bits per heavy atom. The number of sulfone groups is 1. The van der Waals surface area contributed by atoms with Crippen LogP contribution in [0.1, 0.15) is 51.5 Å². The largest absolute Gasteiger partial charge is 0.507 e. The SMILES string of the molecule is C=CC(=O)N1CCN(c2nc(=O)n(-c3c(C4CCC4)cccc3S(=O)(=O)C(C)C)c3nc(-c4c(O)cccc4F)c(F)cc23)[C@@H](C)C1. The molecule has 6 rings (SSSR count). The first kappa shape index (κ1) is 32.3. The van der Waals surface area contributed by atoms with Crippen LogP contribution >= 0.6 is 0 Å². The van der Waals surface area contributed by atoms with Crippen molar-refractivity contribution < 1.29 is 27.1 Å². The maximum Gasteiger partial charge on any atom is 0.355 e. The number of para-hydroxylation sites is 1. The Morgan fingerprint density at radius 2 is 1.81 bits per heavy atom. The number of amides is 1. The molecule has 2 aromatic heterocycles. The minimum atomic E-state index is -3.97. The van der Waals surface area contributed by atoms with Crippen LogP contribution in [-0.2, 0) is 14.6 Å². The maximum absolute atomic E-state index is 16.1. The van der Waals surface area contributed by atoms with E-state index in [2.05, 4.69) is 16.5 Å². The van der Waals surface area contributed by atoms with Crippen molar-refractivity contribution >= 4 is 32.6 Å². The second kappa shape index (κ2) is 12.2. The molecule has 1 saturated carbocycles. The van der Waals surface area contributed by atoms with Gasteiger partial charge >= 0.3 is 5.69 Å². The summed E-state index contributed by atoms with van der Waals surface area (Å²) in [6.45, 7) is 9.26. The monoisotopic (exact) mass is 663 g/mol. The minimum Gasteiger partial charge on any atom is -0.507 e. The standard InChI is InChI=1S/C34H35F2N5O5S/c1-5-28(43)39-15-16-40(20(4)18-39)32-23-17-25(36)30(29-24(35)12-8-13-26(29)42)37-33(23)41(34(44)38-32)31-22(21-9-6-10-21)11-7-14-27(31)47(45,46)19(2)3/h5,7-8,11-14,17,19-21,42H,1,6,9-10,15-16,18H2,2-4H3/t20-/m0/s1. The summed E-state index contributed by atoms with van der Waals surface area (Å²) in [5.41, 5.74) is -1.37. The number of carbonyl (C=O) groups is 1. The van der Waals surface area contributed by atoms with Gasteiger partial charge in [-0.25, -0.2) is 31.5 Å². The summed E-state index contributed by atoms with van der Waals surface area (Å²) in [6.07, 6.45) is 3.70. The van der Waals surface area contributed by atoms with Crippen molar-refractivity contribution in [1.82, 2.24) is 19.4 Å². The third-order valence-electron chi connectivity index (χ3n) is 9.14. The molecule has 4 aromatic rings. The molecule has 2 aromatic carbocycles. The van der Waals surface area contributed by atoms with Crippen molar-refractivity contribution in [2.75, 3.05) is 24.5 Å². The van der Waals surface area contributed by atoms with Crippen LogP contribution in [0.25, 0.3) is 28.0 Å². The van der Waals surface area contributed by atoms with Crippen LogP contribution < -0.4 is 10.6 Å². The Morgan fingerprint density at radius 3 is 2.43 bits per heavy atom. The molecular weight excluding hydrogens is 628 g/mol. The predicted octanol–water partition coefficient (Wildman–Crippen LogP) is 5.10. The second-order valence-electron chi connectivity index (χ2n) is 12.3. The fourth-order valence-electron chi connectivity index (χ4n) is 6.36. The molecule has 1 N–H and O–H groups in total. The number of carbonyl (C=O) groups excluding carboxylic acids is 1. The molecule has 10 nitrogen and oxygen atoms in total. The Bertz CT molecular complexity index is 2070. The molecule has 1 saturated heterocycles. The number of aromatic nitrogens is 3. The van der Waals surface area contributed by atoms with Gasteiger partial charge in [-0.3, -0.25) is 4.79 Å². The van der Waals surface area contributed by atoms with E-state index in [-0.39, 0.29) is 64.9 Å². The molecule has 2 aliphatic rings. The summed E-state index contributed by atoms with van der Waals surface area (Å²) in [5.74, 6) is -2.69. The van der Waals surface area contributed by atoms with Crippen LogP contribution in [0, 0.1) is 11.6 Å². The highest BCUT2D eigenvalue weighted by molar-refractivity contribution is 7.92. The second-order valence-corrected chi connectivity index (χ2v) is 14.8. The van der Waals surface area contributed by atoms with Gasteiger partial charge in [0.05, 0.1) is 26.8 Å². The van der Waals surface area contributed by atoms with Crippen molar-refractivity contribution in [3.8, 4) is 22.7 Å². The fourth-order valence-corrected chi connectivity index (χ4v) is 7.62. The van der Waals surface area contributed by atoms with Crippen LogP contribution in [0.3, 0.4) is 0 Å². The lowest BCUT2D eigenvalue weighted by molar-refractivity contribution is -0.126. The minimum absolute atomic E-state index is 0.0417. The third kappa shape index (κ3) is 5.45. The molecule has 0 unspecified atom stereocenters. The van der Waals surface area contributed by atoms with E-state index < -0.39 is 49.4 Å². The quantitative estimate of drug-likeness (QED) is 0.271. The van der Waals surface area contributed by atoms with Crippen molar-refractivity contribution in [3.63, 3.8) is 0 Å². The molecule has 0 bridgehead atoms. The summed E-state index contributed by atoms with van der Waals surface area (Å²) < 4.78 is 59.9. The smallest absolute Gasteiger partial charge is 0.355 e. The summed E-state index contributed by atoms with van der Waals surface area (Å²) in [7, 11) is -3.97. The molecule has 1 atom stereocenters. The van der Waals surface area contributed by atoms with Gasteiger partial charge in [-0.1, -0.05) is 31.2 Å². The molecule has 1 amide bonds. The van der Waals surface area contributed by atoms with E-state index in [9.17, 15) is 23.1 Å². The zero-order valence-electron chi connectivity index (χ0n) is 26.3. The van der Waals surface area contributed by atoms with Gasteiger partial charge in [0, 0.05) is 25.7 Å². The number of phenols is 1. The number of nitrogens with zero attached hydrogens (tertiary/aromatic N) is 5. The van der Waals surface area contributed by atoms with Crippen LogP contribution in [0.15, 0.2) is 64.8 Å². The van der Waals surface area contributed by atoms with Crippen molar-refractivity contribution in [3.05, 3.63) is 82.8 Å². The van der Waals surface area contributed by atoms with Crippen molar-refractivity contribution in [2.24, 2.45) is 0 Å². The third-order valence-corrected chi connectivity index (χ3v) is 11.3.